The molecule has 0 saturated carbocycles. The lowest BCUT2D eigenvalue weighted by Crippen LogP contribution is -2.42. The van der Waals surface area contributed by atoms with Crippen molar-refractivity contribution in [2.45, 2.75) is 13.0 Å². The average molecular weight is 422 g/mol. The molecule has 0 unspecified atom stereocenters. The molecule has 0 aliphatic carbocycles. The van der Waals surface area contributed by atoms with Crippen molar-refractivity contribution in [2.24, 2.45) is 0 Å². The summed E-state index contributed by atoms with van der Waals surface area (Å²) in [5.41, 5.74) is 2.24. The van der Waals surface area contributed by atoms with Crippen LogP contribution in [0, 0.1) is 6.92 Å². The number of morpholine rings is 1. The van der Waals surface area contributed by atoms with E-state index in [1.807, 2.05) is 19.1 Å². The zero-order valence-electron chi connectivity index (χ0n) is 17.5. The molecule has 0 spiro atoms. The van der Waals surface area contributed by atoms with Crippen molar-refractivity contribution in [1.82, 2.24) is 9.80 Å². The minimum Gasteiger partial charge on any atom is -0.508 e. The minimum absolute atomic E-state index is 0.0709. The van der Waals surface area contributed by atoms with Crippen LogP contribution in [0.1, 0.15) is 22.7 Å². The van der Waals surface area contributed by atoms with Crippen molar-refractivity contribution < 1.29 is 24.5 Å². The molecule has 4 rings (SSSR count). The number of rotatable bonds is 5. The number of benzene rings is 2. The molecule has 2 aliphatic heterocycles. The van der Waals surface area contributed by atoms with E-state index < -0.39 is 17.7 Å². The van der Waals surface area contributed by atoms with Gasteiger partial charge in [0.25, 0.3) is 11.7 Å². The lowest BCUT2D eigenvalue weighted by molar-refractivity contribution is -0.140. The summed E-state index contributed by atoms with van der Waals surface area (Å²) in [6.45, 7) is 5.73. The summed E-state index contributed by atoms with van der Waals surface area (Å²) >= 11 is 0. The van der Waals surface area contributed by atoms with Crippen molar-refractivity contribution >= 4 is 17.4 Å². The fourth-order valence-electron chi connectivity index (χ4n) is 4.05. The first-order chi connectivity index (χ1) is 15.0. The molecule has 2 heterocycles. The molecule has 0 radical (unpaired) electrons. The van der Waals surface area contributed by atoms with Crippen LogP contribution in [0.15, 0.2) is 54.1 Å². The first kappa shape index (κ1) is 21.1. The third kappa shape index (κ3) is 4.33. The van der Waals surface area contributed by atoms with E-state index in [1.165, 1.54) is 17.0 Å². The summed E-state index contributed by atoms with van der Waals surface area (Å²) in [6, 6.07) is 12.8. The number of phenolic OH excluding ortho intramolecular Hbond substituents is 1. The summed E-state index contributed by atoms with van der Waals surface area (Å²) in [5.74, 6) is -1.42. The molecular formula is C24H26N2O5. The van der Waals surface area contributed by atoms with E-state index in [4.69, 9.17) is 4.74 Å². The first-order valence-electron chi connectivity index (χ1n) is 10.4. The van der Waals surface area contributed by atoms with Crippen LogP contribution in [0.5, 0.6) is 5.75 Å². The molecule has 1 atom stereocenters. The highest BCUT2D eigenvalue weighted by molar-refractivity contribution is 6.46. The van der Waals surface area contributed by atoms with Crippen LogP contribution in [0.25, 0.3) is 5.76 Å². The number of aromatic hydroxyl groups is 1. The van der Waals surface area contributed by atoms with Crippen molar-refractivity contribution in [2.75, 3.05) is 39.4 Å². The van der Waals surface area contributed by atoms with E-state index in [-0.39, 0.29) is 17.1 Å². The van der Waals surface area contributed by atoms with Gasteiger partial charge in [0, 0.05) is 31.7 Å². The molecule has 2 saturated heterocycles. The van der Waals surface area contributed by atoms with E-state index in [0.29, 0.717) is 37.4 Å². The Bertz CT molecular complexity index is 992. The summed E-state index contributed by atoms with van der Waals surface area (Å²) in [5, 5.41) is 20.7. The number of carbonyl (C=O) groups is 2. The van der Waals surface area contributed by atoms with Crippen molar-refractivity contribution in [1.29, 1.82) is 0 Å². The van der Waals surface area contributed by atoms with Gasteiger partial charge in [-0.3, -0.25) is 14.5 Å². The Balaban J connectivity index is 1.72. The number of likely N-dealkylation sites (tertiary alicyclic amines) is 1. The highest BCUT2D eigenvalue weighted by Crippen LogP contribution is 2.39. The van der Waals surface area contributed by atoms with Gasteiger partial charge in [0.1, 0.15) is 11.5 Å². The normalized spacial score (nSPS) is 21.6. The first-order valence-corrected chi connectivity index (χ1v) is 10.4. The quantitative estimate of drug-likeness (QED) is 0.437. The van der Waals surface area contributed by atoms with Crippen LogP contribution in [0.4, 0.5) is 0 Å². The SMILES string of the molecule is Cc1ccc(C(O)=C2C(=O)C(=O)N(CCN3CCOCC3)[C@@H]2c2ccc(O)cc2)cc1. The number of ketones is 1. The number of aliphatic hydroxyl groups excluding tert-OH is 1. The largest absolute Gasteiger partial charge is 0.508 e. The van der Waals surface area contributed by atoms with Crippen molar-refractivity contribution in [3.63, 3.8) is 0 Å². The van der Waals surface area contributed by atoms with Gasteiger partial charge in [-0.05, 0) is 24.6 Å². The molecule has 2 aromatic carbocycles. The van der Waals surface area contributed by atoms with Crippen LogP contribution in [-0.4, -0.2) is 71.1 Å². The Morgan fingerprint density at radius 2 is 1.65 bits per heavy atom. The van der Waals surface area contributed by atoms with Crippen LogP contribution in [-0.2, 0) is 14.3 Å². The van der Waals surface area contributed by atoms with Gasteiger partial charge in [0.2, 0.25) is 0 Å². The molecule has 0 aromatic heterocycles. The fraction of sp³-hybridized carbons (Fsp3) is 0.333. The Kier molecular flexibility index (Phi) is 6.06. The van der Waals surface area contributed by atoms with Crippen LogP contribution < -0.4 is 0 Å². The van der Waals surface area contributed by atoms with Gasteiger partial charge in [0.05, 0.1) is 24.8 Å². The molecule has 7 nitrogen and oxygen atoms in total. The van der Waals surface area contributed by atoms with E-state index in [0.717, 1.165) is 18.7 Å². The lowest BCUT2D eigenvalue weighted by Gasteiger charge is -2.31. The number of hydrogen-bond acceptors (Lipinski definition) is 6. The maximum atomic E-state index is 13.0. The topological polar surface area (TPSA) is 90.3 Å². The molecular weight excluding hydrogens is 396 g/mol. The molecule has 2 N–H and O–H groups in total. The number of hydrogen-bond donors (Lipinski definition) is 2. The minimum atomic E-state index is -0.719. The third-order valence-corrected chi connectivity index (χ3v) is 5.83. The molecule has 1 amide bonds. The van der Waals surface area contributed by atoms with E-state index >= 15 is 0 Å². The van der Waals surface area contributed by atoms with Gasteiger partial charge in [-0.1, -0.05) is 42.0 Å². The van der Waals surface area contributed by atoms with Crippen LogP contribution in [0.3, 0.4) is 0 Å². The van der Waals surface area contributed by atoms with Crippen LogP contribution in [0.2, 0.25) is 0 Å². The second-order valence-corrected chi connectivity index (χ2v) is 7.90. The third-order valence-electron chi connectivity index (χ3n) is 5.83. The fourth-order valence-corrected chi connectivity index (χ4v) is 4.05. The standard InChI is InChI=1S/C24H26N2O5/c1-16-2-4-18(5-3-16)22(28)20-21(17-6-8-19(27)9-7-17)26(24(30)23(20)29)11-10-25-12-14-31-15-13-25/h2-9,21,27-28H,10-15H2,1H3/t21-/m1/s1. The maximum absolute atomic E-state index is 13.0. The number of phenols is 1. The molecule has 162 valence electrons. The number of carbonyl (C=O) groups excluding carboxylic acids is 2. The van der Waals surface area contributed by atoms with Gasteiger partial charge in [-0.15, -0.1) is 0 Å². The Labute approximate surface area is 181 Å². The maximum Gasteiger partial charge on any atom is 0.295 e. The molecule has 2 aliphatic rings. The van der Waals surface area contributed by atoms with Crippen molar-refractivity contribution in [3.8, 4) is 5.75 Å². The van der Waals surface area contributed by atoms with E-state index in [1.54, 1.807) is 24.3 Å². The predicted molar refractivity (Wildman–Crippen MR) is 116 cm³/mol. The van der Waals surface area contributed by atoms with Crippen molar-refractivity contribution in [3.05, 3.63) is 70.8 Å². The summed E-state index contributed by atoms with van der Waals surface area (Å²) < 4.78 is 5.38. The highest BCUT2D eigenvalue weighted by Gasteiger charge is 2.46. The number of ether oxygens (including phenoxy) is 1. The number of Topliss-reactive ketones (excluding diaryl/α,β-unsaturated/α-hetero) is 1. The second kappa shape index (κ2) is 8.91. The molecule has 2 aromatic rings. The van der Waals surface area contributed by atoms with Gasteiger partial charge in [-0.2, -0.15) is 0 Å². The zero-order chi connectivity index (χ0) is 22.0. The summed E-state index contributed by atoms with van der Waals surface area (Å²) in [6.07, 6.45) is 0. The number of aryl methyl sites for hydroxylation is 1. The van der Waals surface area contributed by atoms with Gasteiger partial charge >= 0.3 is 0 Å². The monoisotopic (exact) mass is 422 g/mol. The summed E-state index contributed by atoms with van der Waals surface area (Å²) in [7, 11) is 0. The van der Waals surface area contributed by atoms with Crippen LogP contribution >= 0.6 is 0 Å². The van der Waals surface area contributed by atoms with E-state index in [2.05, 4.69) is 4.90 Å². The molecule has 0 bridgehead atoms. The van der Waals surface area contributed by atoms with Gasteiger partial charge < -0.3 is 19.8 Å². The lowest BCUT2D eigenvalue weighted by atomic mass is 9.95. The van der Waals surface area contributed by atoms with Gasteiger partial charge in [0.15, 0.2) is 0 Å². The Morgan fingerprint density at radius 3 is 2.29 bits per heavy atom. The Morgan fingerprint density at radius 1 is 1.00 bits per heavy atom. The average Bonchev–Trinajstić information content (AvgIpc) is 3.04. The summed E-state index contributed by atoms with van der Waals surface area (Å²) in [4.78, 5) is 29.7. The molecule has 31 heavy (non-hydrogen) atoms. The van der Waals surface area contributed by atoms with Gasteiger partial charge in [-0.25, -0.2) is 0 Å². The smallest absolute Gasteiger partial charge is 0.295 e. The Hall–Kier alpha value is -3.16. The predicted octanol–water partition coefficient (Wildman–Crippen LogP) is 2.45. The molecule has 2 fully saturated rings. The second-order valence-electron chi connectivity index (χ2n) is 7.90. The highest BCUT2D eigenvalue weighted by atomic mass is 16.5. The van der Waals surface area contributed by atoms with E-state index in [9.17, 15) is 19.8 Å². The molecule has 7 heteroatoms. The number of aliphatic hydroxyl groups is 1. The number of amides is 1. The zero-order valence-corrected chi connectivity index (χ0v) is 17.5. The number of nitrogens with zero attached hydrogens (tertiary/aromatic N) is 2.